The quantitative estimate of drug-likeness (QED) is 0.757. The summed E-state index contributed by atoms with van der Waals surface area (Å²) in [6, 6.07) is 3.94. The Morgan fingerprint density at radius 2 is 2.27 bits per heavy atom. The van der Waals surface area contributed by atoms with Crippen molar-refractivity contribution in [1.29, 1.82) is 0 Å². The van der Waals surface area contributed by atoms with Crippen LogP contribution in [0.4, 0.5) is 5.69 Å². The van der Waals surface area contributed by atoms with Crippen molar-refractivity contribution in [1.82, 2.24) is 4.98 Å². The van der Waals surface area contributed by atoms with Crippen molar-refractivity contribution in [2.45, 2.75) is 19.4 Å². The Labute approximate surface area is 90.7 Å². The van der Waals surface area contributed by atoms with Crippen LogP contribution in [0.2, 0.25) is 0 Å². The van der Waals surface area contributed by atoms with Crippen molar-refractivity contribution in [2.24, 2.45) is 5.73 Å². The molecular weight excluding hydrogens is 190 g/mol. The van der Waals surface area contributed by atoms with Crippen LogP contribution in [0.5, 0.6) is 0 Å². The number of aromatic nitrogens is 1. The minimum Gasteiger partial charge on any atom is -0.395 e. The van der Waals surface area contributed by atoms with Gasteiger partial charge in [0.05, 0.1) is 24.2 Å². The van der Waals surface area contributed by atoms with E-state index in [1.807, 2.05) is 31.0 Å². The normalized spacial score (nSPS) is 12.5. The van der Waals surface area contributed by atoms with E-state index >= 15 is 0 Å². The van der Waals surface area contributed by atoms with Crippen LogP contribution >= 0.6 is 0 Å². The van der Waals surface area contributed by atoms with Crippen molar-refractivity contribution in [3.63, 3.8) is 0 Å². The third-order valence-corrected chi connectivity index (χ3v) is 2.47. The maximum absolute atomic E-state index is 8.80. The van der Waals surface area contributed by atoms with Crippen LogP contribution < -0.4 is 10.6 Å². The molecule has 4 nitrogen and oxygen atoms in total. The Hall–Kier alpha value is -1.13. The number of hydrogen-bond acceptors (Lipinski definition) is 4. The molecule has 1 heterocycles. The molecule has 0 bridgehead atoms. The lowest BCUT2D eigenvalue weighted by Crippen LogP contribution is -2.21. The van der Waals surface area contributed by atoms with E-state index in [9.17, 15) is 0 Å². The van der Waals surface area contributed by atoms with Gasteiger partial charge in [0.25, 0.3) is 0 Å². The second-order valence-electron chi connectivity index (χ2n) is 3.60. The molecule has 1 aromatic rings. The van der Waals surface area contributed by atoms with Gasteiger partial charge in [-0.15, -0.1) is 0 Å². The van der Waals surface area contributed by atoms with E-state index in [0.29, 0.717) is 6.54 Å². The van der Waals surface area contributed by atoms with Crippen LogP contribution in [-0.2, 0) is 0 Å². The third-order valence-electron chi connectivity index (χ3n) is 2.47. The number of hydrogen-bond donors (Lipinski definition) is 2. The van der Waals surface area contributed by atoms with Crippen LogP contribution in [0.25, 0.3) is 0 Å². The van der Waals surface area contributed by atoms with Crippen molar-refractivity contribution in [3.8, 4) is 0 Å². The molecule has 1 rings (SSSR count). The van der Waals surface area contributed by atoms with Gasteiger partial charge in [0.15, 0.2) is 0 Å². The number of pyridine rings is 1. The van der Waals surface area contributed by atoms with Gasteiger partial charge in [0.2, 0.25) is 0 Å². The van der Waals surface area contributed by atoms with Gasteiger partial charge >= 0.3 is 0 Å². The zero-order chi connectivity index (χ0) is 11.3. The van der Waals surface area contributed by atoms with E-state index < -0.39 is 0 Å². The Morgan fingerprint density at radius 1 is 1.53 bits per heavy atom. The van der Waals surface area contributed by atoms with E-state index in [1.54, 1.807) is 6.20 Å². The lowest BCUT2D eigenvalue weighted by molar-refractivity contribution is 0.304. The lowest BCUT2D eigenvalue weighted by atomic mass is 10.1. The number of likely N-dealkylation sites (N-methyl/N-ethyl adjacent to an activating group) is 1. The molecule has 0 saturated heterocycles. The summed E-state index contributed by atoms with van der Waals surface area (Å²) in [6.07, 6.45) is 2.68. The molecule has 15 heavy (non-hydrogen) atoms. The number of nitrogens with zero attached hydrogens (tertiary/aromatic N) is 2. The van der Waals surface area contributed by atoms with Gasteiger partial charge < -0.3 is 15.7 Å². The molecule has 0 spiro atoms. The molecule has 4 heteroatoms. The second kappa shape index (κ2) is 5.68. The minimum atomic E-state index is 0.0159. The summed E-state index contributed by atoms with van der Waals surface area (Å²) < 4.78 is 0. The lowest BCUT2D eigenvalue weighted by Gasteiger charge is -2.18. The molecule has 0 aromatic carbocycles. The van der Waals surface area contributed by atoms with E-state index in [1.165, 1.54) is 0 Å². The molecule has 0 radical (unpaired) electrons. The summed E-state index contributed by atoms with van der Waals surface area (Å²) in [6.45, 7) is 2.80. The molecule has 0 aliphatic heterocycles. The van der Waals surface area contributed by atoms with E-state index in [4.69, 9.17) is 10.8 Å². The first-order chi connectivity index (χ1) is 7.19. The van der Waals surface area contributed by atoms with Crippen LogP contribution in [0, 0.1) is 0 Å². The fourth-order valence-corrected chi connectivity index (χ4v) is 1.33. The highest BCUT2D eigenvalue weighted by Crippen LogP contribution is 2.15. The van der Waals surface area contributed by atoms with Gasteiger partial charge in [0, 0.05) is 19.6 Å². The standard InChI is InChI=1S/C11H19N3O/c1-3-10(12)11-5-4-9(8-13-11)14(2)6-7-15/h4-5,8,10,15H,3,6-7,12H2,1-2H3/t10-/m1/s1. The average molecular weight is 209 g/mol. The molecule has 0 saturated carbocycles. The summed E-state index contributed by atoms with van der Waals surface area (Å²) in [5, 5.41) is 8.80. The Morgan fingerprint density at radius 3 is 2.73 bits per heavy atom. The number of rotatable bonds is 5. The van der Waals surface area contributed by atoms with Crippen molar-refractivity contribution in [3.05, 3.63) is 24.0 Å². The van der Waals surface area contributed by atoms with Crippen molar-refractivity contribution in [2.75, 3.05) is 25.1 Å². The van der Waals surface area contributed by atoms with E-state index in [-0.39, 0.29) is 12.6 Å². The van der Waals surface area contributed by atoms with Gasteiger partial charge in [-0.2, -0.15) is 0 Å². The SMILES string of the molecule is CC[C@@H](N)c1ccc(N(C)CCO)cn1. The molecule has 3 N–H and O–H groups in total. The number of aliphatic hydroxyl groups is 1. The van der Waals surface area contributed by atoms with Crippen LogP contribution in [0.3, 0.4) is 0 Å². The van der Waals surface area contributed by atoms with E-state index in [0.717, 1.165) is 17.8 Å². The summed E-state index contributed by atoms with van der Waals surface area (Å²) >= 11 is 0. The summed E-state index contributed by atoms with van der Waals surface area (Å²) in [5.41, 5.74) is 7.77. The van der Waals surface area contributed by atoms with E-state index in [2.05, 4.69) is 4.98 Å². The van der Waals surface area contributed by atoms with Crippen LogP contribution in [-0.4, -0.2) is 30.3 Å². The van der Waals surface area contributed by atoms with Gasteiger partial charge in [-0.3, -0.25) is 4.98 Å². The van der Waals surface area contributed by atoms with Crippen molar-refractivity contribution < 1.29 is 5.11 Å². The zero-order valence-electron chi connectivity index (χ0n) is 9.35. The topological polar surface area (TPSA) is 62.4 Å². The first-order valence-electron chi connectivity index (χ1n) is 5.22. The smallest absolute Gasteiger partial charge is 0.0606 e. The fraction of sp³-hybridized carbons (Fsp3) is 0.545. The number of nitrogens with two attached hydrogens (primary N) is 1. The highest BCUT2D eigenvalue weighted by atomic mass is 16.3. The van der Waals surface area contributed by atoms with Crippen molar-refractivity contribution >= 4 is 5.69 Å². The minimum absolute atomic E-state index is 0.0159. The first-order valence-corrected chi connectivity index (χ1v) is 5.22. The largest absolute Gasteiger partial charge is 0.395 e. The molecule has 0 aliphatic rings. The first kappa shape index (κ1) is 11.9. The molecule has 0 amide bonds. The van der Waals surface area contributed by atoms with Crippen LogP contribution in [0.1, 0.15) is 25.1 Å². The van der Waals surface area contributed by atoms with Gasteiger partial charge in [0.1, 0.15) is 0 Å². The summed E-state index contributed by atoms with van der Waals surface area (Å²) in [4.78, 5) is 6.26. The third kappa shape index (κ3) is 3.18. The highest BCUT2D eigenvalue weighted by molar-refractivity contribution is 5.43. The monoisotopic (exact) mass is 209 g/mol. The van der Waals surface area contributed by atoms with Gasteiger partial charge in [-0.05, 0) is 18.6 Å². The van der Waals surface area contributed by atoms with Gasteiger partial charge in [-0.1, -0.05) is 6.92 Å². The molecule has 1 atom stereocenters. The second-order valence-corrected chi connectivity index (χ2v) is 3.60. The van der Waals surface area contributed by atoms with Crippen LogP contribution in [0.15, 0.2) is 18.3 Å². The Balaban J connectivity index is 2.71. The Kier molecular flexibility index (Phi) is 4.52. The number of anilines is 1. The maximum atomic E-state index is 8.80. The average Bonchev–Trinajstić information content (AvgIpc) is 2.28. The summed E-state index contributed by atoms with van der Waals surface area (Å²) in [5.74, 6) is 0. The molecule has 1 aromatic heterocycles. The molecule has 0 fully saturated rings. The number of aliphatic hydroxyl groups excluding tert-OH is 1. The summed E-state index contributed by atoms with van der Waals surface area (Å²) in [7, 11) is 1.92. The highest BCUT2D eigenvalue weighted by Gasteiger charge is 2.05. The predicted octanol–water partition coefficient (Wildman–Crippen LogP) is 0.920. The zero-order valence-corrected chi connectivity index (χ0v) is 9.35. The molecular formula is C11H19N3O. The fourth-order valence-electron chi connectivity index (χ4n) is 1.33. The maximum Gasteiger partial charge on any atom is 0.0606 e. The molecule has 0 aliphatic carbocycles. The predicted molar refractivity (Wildman–Crippen MR) is 61.8 cm³/mol. The molecule has 84 valence electrons. The van der Waals surface area contributed by atoms with Gasteiger partial charge in [-0.25, -0.2) is 0 Å². The molecule has 0 unspecified atom stereocenters. The Bertz CT molecular complexity index is 286.